The van der Waals surface area contributed by atoms with E-state index in [9.17, 15) is 19.2 Å². The second-order valence-corrected chi connectivity index (χ2v) is 5.19. The topological polar surface area (TPSA) is 113 Å². The smallest absolute Gasteiger partial charge is 0.273 e. The zero-order valence-corrected chi connectivity index (χ0v) is 11.6. The molecule has 0 radical (unpaired) electrons. The van der Waals surface area contributed by atoms with E-state index in [1.54, 1.807) is 12.1 Å². The Morgan fingerprint density at radius 3 is 2.50 bits per heavy atom. The van der Waals surface area contributed by atoms with Gasteiger partial charge in [-0.05, 0) is 25.0 Å². The molecule has 0 bridgehead atoms. The maximum absolute atomic E-state index is 12.2. The molecule has 1 fully saturated rings. The number of aromatic amines is 1. The molecule has 1 aliphatic rings. The monoisotopic (exact) mass is 302 g/mol. The number of rotatable bonds is 3. The summed E-state index contributed by atoms with van der Waals surface area (Å²) in [6, 6.07) is 6.36. The lowest BCUT2D eigenvalue weighted by atomic mass is 10.2. The largest absolute Gasteiger partial charge is 0.273 e. The number of carbonyl (C=O) groups is 2. The number of benzene rings is 1. The number of aromatic nitrogens is 2. The number of hydrogen-bond acceptors (Lipinski definition) is 4. The molecule has 22 heavy (non-hydrogen) atoms. The number of carbonyl (C=O) groups excluding carboxylic acids is 2. The Morgan fingerprint density at radius 1 is 1.14 bits per heavy atom. The molecule has 2 amide bonds. The maximum atomic E-state index is 12.2. The lowest BCUT2D eigenvalue weighted by Gasteiger charge is -2.09. The summed E-state index contributed by atoms with van der Waals surface area (Å²) in [5.74, 6) is -0.877. The summed E-state index contributed by atoms with van der Waals surface area (Å²) in [4.78, 5) is 47.2. The van der Waals surface area contributed by atoms with Crippen molar-refractivity contribution in [1.82, 2.24) is 20.6 Å². The number of amides is 2. The van der Waals surface area contributed by atoms with Crippen LogP contribution in [0, 0.1) is 5.92 Å². The fraction of sp³-hybridized carbons (Fsp3) is 0.286. The minimum absolute atomic E-state index is 0.0384. The number of hydrazine groups is 1. The predicted octanol–water partition coefficient (Wildman–Crippen LogP) is -0.753. The Bertz CT molecular complexity index is 863. The van der Waals surface area contributed by atoms with Gasteiger partial charge in [0.1, 0.15) is 6.54 Å². The summed E-state index contributed by atoms with van der Waals surface area (Å²) < 4.78 is 0.920. The molecule has 8 heteroatoms. The van der Waals surface area contributed by atoms with E-state index < -0.39 is 17.0 Å². The van der Waals surface area contributed by atoms with Crippen molar-refractivity contribution in [1.29, 1.82) is 0 Å². The van der Waals surface area contributed by atoms with E-state index in [2.05, 4.69) is 16.0 Å². The normalized spacial score (nSPS) is 13.8. The SMILES string of the molecule is O=C(Cn1[nH]c(=O)c2ccccc2c1=O)NNC(=O)C1CC1. The summed E-state index contributed by atoms with van der Waals surface area (Å²) in [5.41, 5.74) is 3.59. The van der Waals surface area contributed by atoms with E-state index >= 15 is 0 Å². The molecule has 0 atom stereocenters. The highest BCUT2D eigenvalue weighted by atomic mass is 16.2. The van der Waals surface area contributed by atoms with Gasteiger partial charge in [-0.1, -0.05) is 12.1 Å². The molecule has 1 aromatic carbocycles. The number of nitrogens with zero attached hydrogens (tertiary/aromatic N) is 1. The molecule has 1 heterocycles. The third-order valence-electron chi connectivity index (χ3n) is 3.46. The van der Waals surface area contributed by atoms with Crippen molar-refractivity contribution in [2.45, 2.75) is 19.4 Å². The van der Waals surface area contributed by atoms with Gasteiger partial charge in [-0.3, -0.25) is 35.1 Å². The Hall–Kier alpha value is -2.90. The first-order valence-electron chi connectivity index (χ1n) is 6.87. The summed E-state index contributed by atoms with van der Waals surface area (Å²) >= 11 is 0. The molecular formula is C14H14N4O4. The van der Waals surface area contributed by atoms with Crippen molar-refractivity contribution in [3.05, 3.63) is 45.0 Å². The van der Waals surface area contributed by atoms with E-state index in [0.717, 1.165) is 17.5 Å². The minimum atomic E-state index is -0.595. The fourth-order valence-corrected chi connectivity index (χ4v) is 2.12. The van der Waals surface area contributed by atoms with Crippen LogP contribution in [0.2, 0.25) is 0 Å². The summed E-state index contributed by atoms with van der Waals surface area (Å²) in [7, 11) is 0. The third kappa shape index (κ3) is 2.76. The van der Waals surface area contributed by atoms with Crippen molar-refractivity contribution in [2.24, 2.45) is 5.92 Å². The predicted molar refractivity (Wildman–Crippen MR) is 77.8 cm³/mol. The number of H-pyrrole nitrogens is 1. The van der Waals surface area contributed by atoms with Gasteiger partial charge in [0.15, 0.2) is 0 Å². The van der Waals surface area contributed by atoms with Gasteiger partial charge in [0.2, 0.25) is 5.91 Å². The second-order valence-electron chi connectivity index (χ2n) is 5.19. The summed E-state index contributed by atoms with van der Waals surface area (Å²) in [6.45, 7) is -0.385. The second kappa shape index (κ2) is 5.47. The van der Waals surface area contributed by atoms with E-state index in [1.165, 1.54) is 12.1 Å². The molecule has 0 aliphatic heterocycles. The zero-order valence-electron chi connectivity index (χ0n) is 11.6. The number of fused-ring (bicyclic) bond motifs is 1. The van der Waals surface area contributed by atoms with E-state index in [-0.39, 0.29) is 29.1 Å². The number of hydrogen-bond donors (Lipinski definition) is 3. The van der Waals surface area contributed by atoms with Crippen molar-refractivity contribution < 1.29 is 9.59 Å². The zero-order chi connectivity index (χ0) is 15.7. The van der Waals surface area contributed by atoms with Crippen LogP contribution >= 0.6 is 0 Å². The van der Waals surface area contributed by atoms with E-state index in [0.29, 0.717) is 0 Å². The molecule has 114 valence electrons. The molecule has 0 saturated heterocycles. The highest BCUT2D eigenvalue weighted by molar-refractivity contribution is 5.85. The fourth-order valence-electron chi connectivity index (χ4n) is 2.12. The van der Waals surface area contributed by atoms with E-state index in [4.69, 9.17) is 0 Å². The first-order chi connectivity index (χ1) is 10.6. The lowest BCUT2D eigenvalue weighted by molar-refractivity contribution is -0.130. The van der Waals surface area contributed by atoms with Crippen LogP contribution in [0.1, 0.15) is 12.8 Å². The number of nitrogens with one attached hydrogen (secondary N) is 3. The van der Waals surface area contributed by atoms with Gasteiger partial charge >= 0.3 is 0 Å². The van der Waals surface area contributed by atoms with Gasteiger partial charge < -0.3 is 0 Å². The average molecular weight is 302 g/mol. The average Bonchev–Trinajstić information content (AvgIpc) is 3.35. The van der Waals surface area contributed by atoms with Gasteiger partial charge in [0.25, 0.3) is 17.0 Å². The van der Waals surface area contributed by atoms with Crippen molar-refractivity contribution in [3.63, 3.8) is 0 Å². The molecule has 1 aliphatic carbocycles. The molecule has 8 nitrogen and oxygen atoms in total. The van der Waals surface area contributed by atoms with Gasteiger partial charge in [0.05, 0.1) is 10.8 Å². The maximum Gasteiger partial charge on any atom is 0.273 e. The summed E-state index contributed by atoms with van der Waals surface area (Å²) in [6.07, 6.45) is 1.64. The van der Waals surface area contributed by atoms with Gasteiger partial charge in [0, 0.05) is 5.92 Å². The van der Waals surface area contributed by atoms with Gasteiger partial charge in [-0.25, -0.2) is 4.68 Å². The lowest BCUT2D eigenvalue weighted by Crippen LogP contribution is -2.45. The minimum Gasteiger partial charge on any atom is -0.273 e. The Labute approximate surface area is 124 Å². The summed E-state index contributed by atoms with van der Waals surface area (Å²) in [5, 5.41) is 2.85. The third-order valence-corrected chi connectivity index (χ3v) is 3.46. The Morgan fingerprint density at radius 2 is 1.82 bits per heavy atom. The van der Waals surface area contributed by atoms with Crippen LogP contribution in [0.4, 0.5) is 0 Å². The van der Waals surface area contributed by atoms with Crippen LogP contribution < -0.4 is 22.0 Å². The Balaban J connectivity index is 1.77. The molecule has 2 aromatic rings. The van der Waals surface area contributed by atoms with E-state index in [1.807, 2.05) is 0 Å². The van der Waals surface area contributed by atoms with Gasteiger partial charge in [-0.15, -0.1) is 0 Å². The molecule has 0 spiro atoms. The molecule has 0 unspecified atom stereocenters. The van der Waals surface area contributed by atoms with Crippen molar-refractivity contribution >= 4 is 22.6 Å². The molecule has 1 aromatic heterocycles. The van der Waals surface area contributed by atoms with Gasteiger partial charge in [-0.2, -0.15) is 0 Å². The molecule has 3 rings (SSSR count). The van der Waals surface area contributed by atoms with Crippen LogP contribution in [-0.2, 0) is 16.1 Å². The molecule has 3 N–H and O–H groups in total. The first kappa shape index (κ1) is 14.1. The van der Waals surface area contributed by atoms with Crippen LogP contribution in [0.3, 0.4) is 0 Å². The Kier molecular flexibility index (Phi) is 3.50. The van der Waals surface area contributed by atoms with Crippen LogP contribution in [0.15, 0.2) is 33.9 Å². The molecule has 1 saturated carbocycles. The van der Waals surface area contributed by atoms with Crippen LogP contribution in [-0.4, -0.2) is 21.6 Å². The quantitative estimate of drug-likeness (QED) is 0.647. The van der Waals surface area contributed by atoms with Crippen LogP contribution in [0.5, 0.6) is 0 Å². The van der Waals surface area contributed by atoms with Crippen molar-refractivity contribution in [2.75, 3.05) is 0 Å². The van der Waals surface area contributed by atoms with Crippen LogP contribution in [0.25, 0.3) is 10.8 Å². The van der Waals surface area contributed by atoms with Crippen molar-refractivity contribution in [3.8, 4) is 0 Å². The standard InChI is InChI=1S/C14H14N4O4/c19-11(15-16-12(20)8-5-6-8)7-18-14(22)10-4-2-1-3-9(10)13(21)17-18/h1-4,8H,5-7H2,(H,15,19)(H,16,20)(H,17,21). The highest BCUT2D eigenvalue weighted by Gasteiger charge is 2.29. The highest BCUT2D eigenvalue weighted by Crippen LogP contribution is 2.28. The first-order valence-corrected chi connectivity index (χ1v) is 6.87. The molecular weight excluding hydrogens is 288 g/mol.